The molecule has 0 bridgehead atoms. The van der Waals surface area contributed by atoms with Gasteiger partial charge < -0.3 is 9.88 Å². The number of hydrogen-bond acceptors (Lipinski definition) is 2. The van der Waals surface area contributed by atoms with Crippen molar-refractivity contribution in [1.29, 1.82) is 0 Å². The summed E-state index contributed by atoms with van der Waals surface area (Å²) < 4.78 is 4.37. The molecule has 0 saturated heterocycles. The van der Waals surface area contributed by atoms with Crippen molar-refractivity contribution in [2.45, 2.75) is 26.3 Å². The number of thiophene rings is 1. The minimum absolute atomic E-state index is 0.0362. The normalized spacial score (nSPS) is 14.2. The van der Waals surface area contributed by atoms with E-state index in [1.807, 2.05) is 6.07 Å². The Morgan fingerprint density at radius 3 is 2.92 bits per heavy atom. The first-order valence-corrected chi connectivity index (χ1v) is 9.83. The summed E-state index contributed by atoms with van der Waals surface area (Å²) in [5.74, 6) is 0.721. The third kappa shape index (κ3) is 3.28. The van der Waals surface area contributed by atoms with E-state index < -0.39 is 0 Å². The molecular formula is C19H19BrN2OS. The second-order valence-corrected chi connectivity index (χ2v) is 9.02. The average molecular weight is 403 g/mol. The quantitative estimate of drug-likeness (QED) is 0.642. The van der Waals surface area contributed by atoms with Crippen molar-refractivity contribution in [2.24, 2.45) is 5.92 Å². The van der Waals surface area contributed by atoms with Gasteiger partial charge in [-0.2, -0.15) is 0 Å². The van der Waals surface area contributed by atoms with Gasteiger partial charge in [-0.05, 0) is 59.3 Å². The van der Waals surface area contributed by atoms with Crippen molar-refractivity contribution < 1.29 is 4.79 Å². The van der Waals surface area contributed by atoms with Crippen LogP contribution in [0.4, 0.5) is 0 Å². The number of nitrogens with zero attached hydrogens (tertiary/aromatic N) is 1. The summed E-state index contributed by atoms with van der Waals surface area (Å²) in [5, 5.41) is 3.10. The molecule has 1 amide bonds. The van der Waals surface area contributed by atoms with E-state index in [0.29, 0.717) is 12.5 Å². The van der Waals surface area contributed by atoms with Crippen LogP contribution < -0.4 is 5.32 Å². The topological polar surface area (TPSA) is 34.0 Å². The molecular weight excluding hydrogens is 384 g/mol. The molecule has 24 heavy (non-hydrogen) atoms. The Morgan fingerprint density at radius 2 is 2.17 bits per heavy atom. The van der Waals surface area contributed by atoms with E-state index in [4.69, 9.17) is 0 Å². The zero-order valence-electron chi connectivity index (χ0n) is 13.5. The largest absolute Gasteiger partial charge is 0.350 e. The van der Waals surface area contributed by atoms with Crippen LogP contribution in [0.3, 0.4) is 0 Å². The number of amides is 1. The molecule has 1 aromatic carbocycles. The third-order valence-corrected chi connectivity index (χ3v) is 6.04. The highest BCUT2D eigenvalue weighted by molar-refractivity contribution is 9.11. The molecule has 0 aliphatic heterocycles. The third-order valence-electron chi connectivity index (χ3n) is 4.46. The minimum Gasteiger partial charge on any atom is -0.350 e. The molecule has 2 aromatic heterocycles. The number of nitrogens with one attached hydrogen (secondary N) is 1. The summed E-state index contributed by atoms with van der Waals surface area (Å²) in [6.07, 6.45) is 2.49. The smallest absolute Gasteiger partial charge is 0.267 e. The van der Waals surface area contributed by atoms with E-state index in [-0.39, 0.29) is 5.91 Å². The second-order valence-electron chi connectivity index (χ2n) is 6.56. The second kappa shape index (κ2) is 6.37. The molecule has 0 atom stereocenters. The summed E-state index contributed by atoms with van der Waals surface area (Å²) >= 11 is 5.23. The summed E-state index contributed by atoms with van der Waals surface area (Å²) in [5.41, 5.74) is 4.32. The molecule has 0 spiro atoms. The summed E-state index contributed by atoms with van der Waals surface area (Å²) in [7, 11) is 0. The van der Waals surface area contributed by atoms with Gasteiger partial charge in [0.1, 0.15) is 5.69 Å². The molecule has 0 unspecified atom stereocenters. The van der Waals surface area contributed by atoms with Crippen molar-refractivity contribution in [3.8, 4) is 0 Å². The number of hydrogen-bond donors (Lipinski definition) is 1. The van der Waals surface area contributed by atoms with Crippen LogP contribution in [0, 0.1) is 12.8 Å². The SMILES string of the molecule is Cc1cccc(Cn2c(C(=O)NCC3CC3)cc3sc(Br)cc32)c1. The van der Waals surface area contributed by atoms with Crippen molar-refractivity contribution in [2.75, 3.05) is 6.54 Å². The number of aromatic nitrogens is 1. The first kappa shape index (κ1) is 15.9. The summed E-state index contributed by atoms with van der Waals surface area (Å²) in [4.78, 5) is 12.7. The molecule has 3 nitrogen and oxygen atoms in total. The molecule has 4 rings (SSSR count). The monoisotopic (exact) mass is 402 g/mol. The Bertz CT molecular complexity index is 907. The van der Waals surface area contributed by atoms with E-state index in [1.54, 1.807) is 11.3 Å². The summed E-state index contributed by atoms with van der Waals surface area (Å²) in [6.45, 7) is 3.60. The fraction of sp³-hybridized carbons (Fsp3) is 0.316. The fourth-order valence-corrected chi connectivity index (χ4v) is 4.58. The van der Waals surface area contributed by atoms with Crippen LogP contribution in [0.1, 0.15) is 34.5 Å². The molecule has 1 saturated carbocycles. The lowest BCUT2D eigenvalue weighted by Crippen LogP contribution is -2.27. The number of fused-ring (bicyclic) bond motifs is 1. The number of rotatable bonds is 5. The molecule has 1 aliphatic rings. The highest BCUT2D eigenvalue weighted by Gasteiger charge is 2.23. The first-order chi connectivity index (χ1) is 11.6. The summed E-state index contributed by atoms with van der Waals surface area (Å²) in [6, 6.07) is 12.6. The van der Waals surface area contributed by atoms with Gasteiger partial charge >= 0.3 is 0 Å². The van der Waals surface area contributed by atoms with Crippen LogP contribution in [0.5, 0.6) is 0 Å². The van der Waals surface area contributed by atoms with Crippen LogP contribution in [0.2, 0.25) is 0 Å². The lowest BCUT2D eigenvalue weighted by Gasteiger charge is -2.11. The molecule has 1 fully saturated rings. The lowest BCUT2D eigenvalue weighted by atomic mass is 10.1. The predicted molar refractivity (Wildman–Crippen MR) is 103 cm³/mol. The number of halogens is 1. The van der Waals surface area contributed by atoms with Crippen LogP contribution in [-0.2, 0) is 6.54 Å². The van der Waals surface area contributed by atoms with Crippen LogP contribution in [-0.4, -0.2) is 17.0 Å². The Hall–Kier alpha value is -1.59. The van der Waals surface area contributed by atoms with Gasteiger partial charge in [-0.3, -0.25) is 4.79 Å². The molecule has 0 radical (unpaired) electrons. The Morgan fingerprint density at radius 1 is 1.33 bits per heavy atom. The zero-order chi connectivity index (χ0) is 16.7. The fourth-order valence-electron chi connectivity index (χ4n) is 3.01. The van der Waals surface area contributed by atoms with Gasteiger partial charge in [-0.15, -0.1) is 11.3 Å². The van der Waals surface area contributed by atoms with Crippen molar-refractivity contribution >= 4 is 43.4 Å². The number of carbonyl (C=O) groups excluding carboxylic acids is 1. The number of carbonyl (C=O) groups is 1. The highest BCUT2D eigenvalue weighted by Crippen LogP contribution is 2.33. The lowest BCUT2D eigenvalue weighted by molar-refractivity contribution is 0.0943. The maximum atomic E-state index is 12.7. The maximum absolute atomic E-state index is 12.7. The molecule has 2 heterocycles. The van der Waals surface area contributed by atoms with E-state index in [0.717, 1.165) is 26.2 Å². The molecule has 5 heteroatoms. The number of benzene rings is 1. The molecule has 124 valence electrons. The number of aryl methyl sites for hydroxylation is 1. The van der Waals surface area contributed by atoms with Crippen LogP contribution in [0.15, 0.2) is 40.2 Å². The average Bonchev–Trinajstić information content (AvgIpc) is 3.22. The van der Waals surface area contributed by atoms with Crippen LogP contribution >= 0.6 is 27.3 Å². The van der Waals surface area contributed by atoms with Gasteiger partial charge in [-0.25, -0.2) is 0 Å². The Labute approximate surface area is 153 Å². The van der Waals surface area contributed by atoms with Gasteiger partial charge in [0.15, 0.2) is 0 Å². The Kier molecular flexibility index (Phi) is 4.22. The van der Waals surface area contributed by atoms with Crippen molar-refractivity contribution in [3.63, 3.8) is 0 Å². The zero-order valence-corrected chi connectivity index (χ0v) is 15.9. The van der Waals surface area contributed by atoms with Gasteiger partial charge in [0, 0.05) is 13.1 Å². The molecule has 1 aliphatic carbocycles. The van der Waals surface area contributed by atoms with Gasteiger partial charge in [0.05, 0.1) is 14.0 Å². The van der Waals surface area contributed by atoms with Gasteiger partial charge in [0.25, 0.3) is 5.91 Å². The molecule has 3 aromatic rings. The van der Waals surface area contributed by atoms with Crippen molar-refractivity contribution in [3.05, 3.63) is 57.0 Å². The van der Waals surface area contributed by atoms with E-state index in [1.165, 1.54) is 24.0 Å². The first-order valence-electron chi connectivity index (χ1n) is 8.22. The van der Waals surface area contributed by atoms with E-state index >= 15 is 0 Å². The standard InChI is InChI=1S/C19H19BrN2OS/c1-12-3-2-4-14(7-12)11-22-15-9-18(20)24-17(15)8-16(22)19(23)21-10-13-5-6-13/h2-4,7-9,13H,5-6,10-11H2,1H3,(H,21,23). The Balaban J connectivity index is 1.69. The van der Waals surface area contributed by atoms with E-state index in [9.17, 15) is 4.79 Å². The minimum atomic E-state index is 0.0362. The molecule has 1 N–H and O–H groups in total. The van der Waals surface area contributed by atoms with Gasteiger partial charge in [-0.1, -0.05) is 29.8 Å². The van der Waals surface area contributed by atoms with Gasteiger partial charge in [0.2, 0.25) is 0 Å². The van der Waals surface area contributed by atoms with Crippen LogP contribution in [0.25, 0.3) is 10.2 Å². The van der Waals surface area contributed by atoms with E-state index in [2.05, 4.69) is 63.1 Å². The highest BCUT2D eigenvalue weighted by atomic mass is 79.9. The maximum Gasteiger partial charge on any atom is 0.267 e. The predicted octanol–water partition coefficient (Wildman–Crippen LogP) is 4.96. The van der Waals surface area contributed by atoms with Crippen molar-refractivity contribution in [1.82, 2.24) is 9.88 Å².